The van der Waals surface area contributed by atoms with Crippen molar-refractivity contribution in [2.45, 2.75) is 49.8 Å². The molecule has 3 fully saturated rings. The van der Waals surface area contributed by atoms with E-state index in [0.29, 0.717) is 34.7 Å². The molecule has 164 valence electrons. The lowest BCUT2D eigenvalue weighted by molar-refractivity contribution is -0.118. The number of carbonyl (C=O) groups excluding carboxylic acids is 1. The van der Waals surface area contributed by atoms with E-state index in [-0.39, 0.29) is 28.7 Å². The first-order valence-electron chi connectivity index (χ1n) is 10.4. The Morgan fingerprint density at radius 1 is 1.20 bits per heavy atom. The number of fused-ring (bicyclic) bond motifs is 1. The minimum atomic E-state index is -3.13. The van der Waals surface area contributed by atoms with E-state index in [2.05, 4.69) is 4.99 Å². The lowest BCUT2D eigenvalue weighted by atomic mass is 10.0. The molecule has 0 bridgehead atoms. The molecule has 2 saturated heterocycles. The van der Waals surface area contributed by atoms with Gasteiger partial charge in [-0.2, -0.15) is 4.99 Å². The lowest BCUT2D eigenvalue weighted by Gasteiger charge is -2.26. The van der Waals surface area contributed by atoms with Crippen molar-refractivity contribution in [1.82, 2.24) is 0 Å². The van der Waals surface area contributed by atoms with Crippen LogP contribution in [0.4, 0.5) is 5.69 Å². The first kappa shape index (κ1) is 21.5. The number of ether oxygens (including phenoxy) is 2. The molecule has 2 heterocycles. The average molecular weight is 453 g/mol. The van der Waals surface area contributed by atoms with Crippen molar-refractivity contribution < 1.29 is 22.7 Å². The Bertz CT molecular complexity index is 941. The Balaban J connectivity index is 1.63. The van der Waals surface area contributed by atoms with Crippen LogP contribution < -0.4 is 14.4 Å². The standard InChI is InChI=1S/C21H28N2O5S2/c1-27-15-8-9-18(28-2)16(11-15)23-17-12-30(25,26)13-19(17)29-21(23)22-20(24)10-7-14-5-3-4-6-14/h8-9,11,14,17,19H,3-7,10,12-13H2,1-2H3/t17-,19-/m0/s1. The molecule has 1 amide bonds. The SMILES string of the molecule is COc1ccc(OC)c(N2C(=NC(=O)CCC3CCCC3)S[C@H]3CS(=O)(=O)C[C@@H]32)c1. The Kier molecular flexibility index (Phi) is 6.29. The predicted molar refractivity (Wildman–Crippen MR) is 119 cm³/mol. The second kappa shape index (κ2) is 8.78. The fourth-order valence-electron chi connectivity index (χ4n) is 4.62. The molecule has 3 aliphatic rings. The summed E-state index contributed by atoms with van der Waals surface area (Å²) in [5, 5.41) is 0.412. The zero-order valence-corrected chi connectivity index (χ0v) is 19.0. The van der Waals surface area contributed by atoms with Crippen LogP contribution in [0.2, 0.25) is 0 Å². The zero-order valence-electron chi connectivity index (χ0n) is 17.4. The number of methoxy groups -OCH3 is 2. The number of benzene rings is 1. The summed E-state index contributed by atoms with van der Waals surface area (Å²) in [5.41, 5.74) is 0.677. The van der Waals surface area contributed by atoms with E-state index in [4.69, 9.17) is 9.47 Å². The molecule has 0 N–H and O–H groups in total. The number of hydrogen-bond acceptors (Lipinski definition) is 6. The highest BCUT2D eigenvalue weighted by molar-refractivity contribution is 8.16. The van der Waals surface area contributed by atoms with Crippen molar-refractivity contribution in [3.05, 3.63) is 18.2 Å². The van der Waals surface area contributed by atoms with Crippen LogP contribution in [0.1, 0.15) is 38.5 Å². The van der Waals surface area contributed by atoms with Crippen LogP contribution in [0, 0.1) is 5.92 Å². The number of sulfone groups is 1. The molecule has 30 heavy (non-hydrogen) atoms. The topological polar surface area (TPSA) is 85.3 Å². The van der Waals surface area contributed by atoms with Crippen LogP contribution in [0.3, 0.4) is 0 Å². The van der Waals surface area contributed by atoms with Gasteiger partial charge in [0.2, 0.25) is 5.91 Å². The van der Waals surface area contributed by atoms with Crippen molar-refractivity contribution >= 4 is 38.4 Å². The molecule has 1 aliphatic carbocycles. The molecule has 0 spiro atoms. The van der Waals surface area contributed by atoms with Gasteiger partial charge in [-0.3, -0.25) is 4.79 Å². The molecule has 0 radical (unpaired) electrons. The summed E-state index contributed by atoms with van der Waals surface area (Å²) in [4.78, 5) is 19.0. The van der Waals surface area contributed by atoms with Gasteiger partial charge in [-0.1, -0.05) is 37.4 Å². The maximum Gasteiger partial charge on any atom is 0.248 e. The second-order valence-corrected chi connectivity index (χ2v) is 11.5. The molecule has 7 nitrogen and oxygen atoms in total. The van der Waals surface area contributed by atoms with Crippen LogP contribution in [-0.4, -0.2) is 56.5 Å². The molecule has 1 aromatic carbocycles. The van der Waals surface area contributed by atoms with Crippen molar-refractivity contribution in [2.75, 3.05) is 30.6 Å². The first-order valence-corrected chi connectivity index (χ1v) is 13.1. The van der Waals surface area contributed by atoms with Gasteiger partial charge in [-0.25, -0.2) is 8.42 Å². The maximum atomic E-state index is 12.7. The molecule has 1 saturated carbocycles. The Hall–Kier alpha value is -1.74. The summed E-state index contributed by atoms with van der Waals surface area (Å²) < 4.78 is 35.4. The summed E-state index contributed by atoms with van der Waals surface area (Å²) >= 11 is 1.39. The van der Waals surface area contributed by atoms with Gasteiger partial charge in [-0.05, 0) is 24.5 Å². The number of nitrogens with zero attached hydrogens (tertiary/aromatic N) is 2. The van der Waals surface area contributed by atoms with Gasteiger partial charge in [0.05, 0.1) is 37.5 Å². The van der Waals surface area contributed by atoms with Crippen LogP contribution >= 0.6 is 11.8 Å². The first-order chi connectivity index (χ1) is 14.4. The third-order valence-electron chi connectivity index (χ3n) is 6.17. The van der Waals surface area contributed by atoms with E-state index in [9.17, 15) is 13.2 Å². The Morgan fingerprint density at radius 2 is 1.97 bits per heavy atom. The quantitative estimate of drug-likeness (QED) is 0.655. The van der Waals surface area contributed by atoms with Crippen LogP contribution in [0.15, 0.2) is 23.2 Å². The van der Waals surface area contributed by atoms with E-state index in [1.54, 1.807) is 26.4 Å². The van der Waals surface area contributed by atoms with Gasteiger partial charge in [0, 0.05) is 17.7 Å². The van der Waals surface area contributed by atoms with E-state index in [1.165, 1.54) is 37.4 Å². The molecular weight excluding hydrogens is 424 g/mol. The third kappa shape index (κ3) is 4.46. The average Bonchev–Trinajstić information content (AvgIpc) is 3.40. The van der Waals surface area contributed by atoms with E-state index in [1.807, 2.05) is 11.0 Å². The van der Waals surface area contributed by atoms with Gasteiger partial charge in [0.15, 0.2) is 15.0 Å². The molecule has 2 atom stereocenters. The van der Waals surface area contributed by atoms with Gasteiger partial charge < -0.3 is 14.4 Å². The smallest absolute Gasteiger partial charge is 0.248 e. The predicted octanol–water partition coefficient (Wildman–Crippen LogP) is 3.28. The van der Waals surface area contributed by atoms with Crippen LogP contribution in [-0.2, 0) is 14.6 Å². The monoisotopic (exact) mass is 452 g/mol. The molecule has 9 heteroatoms. The van der Waals surface area contributed by atoms with Gasteiger partial charge in [0.25, 0.3) is 0 Å². The molecule has 0 aromatic heterocycles. The Morgan fingerprint density at radius 3 is 2.67 bits per heavy atom. The molecule has 1 aromatic rings. The van der Waals surface area contributed by atoms with E-state index >= 15 is 0 Å². The number of anilines is 1. The summed E-state index contributed by atoms with van der Waals surface area (Å²) in [6, 6.07) is 5.11. The highest BCUT2D eigenvalue weighted by Gasteiger charge is 2.50. The minimum absolute atomic E-state index is 0.0420. The largest absolute Gasteiger partial charge is 0.497 e. The summed E-state index contributed by atoms with van der Waals surface area (Å²) in [5.74, 6) is 1.85. The maximum absolute atomic E-state index is 12.7. The van der Waals surface area contributed by atoms with Crippen molar-refractivity contribution in [1.29, 1.82) is 0 Å². The highest BCUT2D eigenvalue weighted by atomic mass is 32.2. The Labute approximate surface area is 182 Å². The van der Waals surface area contributed by atoms with Crippen LogP contribution in [0.5, 0.6) is 11.5 Å². The van der Waals surface area contributed by atoms with Gasteiger partial charge in [0.1, 0.15) is 11.5 Å². The number of amidine groups is 1. The molecular formula is C21H28N2O5S2. The number of carbonyl (C=O) groups is 1. The molecule has 0 unspecified atom stereocenters. The lowest BCUT2D eigenvalue weighted by Crippen LogP contribution is -2.38. The van der Waals surface area contributed by atoms with Crippen molar-refractivity contribution in [3.8, 4) is 11.5 Å². The number of aliphatic imine (C=N–C) groups is 1. The number of thioether (sulfide) groups is 1. The fourth-order valence-corrected chi connectivity index (χ4v) is 8.54. The summed E-state index contributed by atoms with van der Waals surface area (Å²) in [7, 11) is 0.0191. The zero-order chi connectivity index (χ0) is 21.3. The number of rotatable bonds is 6. The van der Waals surface area contributed by atoms with Crippen molar-refractivity contribution in [3.63, 3.8) is 0 Å². The minimum Gasteiger partial charge on any atom is -0.497 e. The van der Waals surface area contributed by atoms with Gasteiger partial charge in [-0.15, -0.1) is 0 Å². The van der Waals surface area contributed by atoms with Crippen molar-refractivity contribution in [2.24, 2.45) is 10.9 Å². The second-order valence-electron chi connectivity index (χ2n) is 8.19. The highest BCUT2D eigenvalue weighted by Crippen LogP contribution is 2.45. The third-order valence-corrected chi connectivity index (χ3v) is 9.38. The normalized spacial score (nSPS) is 26.9. The molecule has 4 rings (SSSR count). The fraction of sp³-hybridized carbons (Fsp3) is 0.619. The van der Waals surface area contributed by atoms with E-state index < -0.39 is 9.84 Å². The van der Waals surface area contributed by atoms with E-state index in [0.717, 1.165) is 6.42 Å². The summed E-state index contributed by atoms with van der Waals surface area (Å²) in [6.07, 6.45) is 6.23. The summed E-state index contributed by atoms with van der Waals surface area (Å²) in [6.45, 7) is 0. The number of amides is 1. The number of hydrogen-bond donors (Lipinski definition) is 0. The van der Waals surface area contributed by atoms with Gasteiger partial charge >= 0.3 is 0 Å². The van der Waals surface area contributed by atoms with Crippen LogP contribution in [0.25, 0.3) is 0 Å². The molecule has 2 aliphatic heterocycles.